The van der Waals surface area contributed by atoms with E-state index in [0.29, 0.717) is 0 Å². The van der Waals surface area contributed by atoms with Crippen LogP contribution in [0.3, 0.4) is 0 Å². The van der Waals surface area contributed by atoms with Crippen molar-refractivity contribution in [2.24, 2.45) is 0 Å². The molecule has 0 atom stereocenters. The van der Waals surface area contributed by atoms with E-state index in [0.717, 1.165) is 56.1 Å². The van der Waals surface area contributed by atoms with Gasteiger partial charge in [-0.15, -0.1) is 11.3 Å². The average molecular weight is 313 g/mol. The molecule has 1 aromatic rings. The smallest absolute Gasteiger partial charge is 0.185 e. The van der Waals surface area contributed by atoms with E-state index in [1.165, 1.54) is 17.7 Å². The van der Waals surface area contributed by atoms with Crippen molar-refractivity contribution in [2.45, 2.75) is 38.8 Å². The van der Waals surface area contributed by atoms with Crippen molar-refractivity contribution in [3.05, 3.63) is 10.6 Å². The molecule has 0 radical (unpaired) electrons. The summed E-state index contributed by atoms with van der Waals surface area (Å²) in [7, 11) is 3.49. The van der Waals surface area contributed by atoms with Gasteiger partial charge in [-0.05, 0) is 26.2 Å². The fourth-order valence-corrected chi connectivity index (χ4v) is 3.20. The molecule has 21 heavy (non-hydrogen) atoms. The fourth-order valence-electron chi connectivity index (χ4n) is 2.14. The minimum absolute atomic E-state index is 0.723. The van der Waals surface area contributed by atoms with E-state index in [1.807, 2.05) is 0 Å². The van der Waals surface area contributed by atoms with Gasteiger partial charge < -0.3 is 19.7 Å². The number of methoxy groups -OCH3 is 2. The molecule has 1 aliphatic carbocycles. The Bertz CT molecular complexity index is 421. The highest BCUT2D eigenvalue weighted by Crippen LogP contribution is 2.27. The Hall–Kier alpha value is -0.690. The Morgan fingerprint density at radius 3 is 2.67 bits per heavy atom. The number of rotatable bonds is 11. The lowest BCUT2D eigenvalue weighted by atomic mass is 10.4. The molecule has 1 heterocycles. The van der Waals surface area contributed by atoms with Crippen molar-refractivity contribution in [2.75, 3.05) is 45.4 Å². The number of nitrogens with one attached hydrogen (secondary N) is 1. The van der Waals surface area contributed by atoms with Crippen molar-refractivity contribution in [3.8, 4) is 0 Å². The van der Waals surface area contributed by atoms with Crippen molar-refractivity contribution >= 4 is 16.5 Å². The topological polar surface area (TPSA) is 46.6 Å². The standard InChI is InChI=1S/C15H27N3O2S/c1-12-14(11-16-13-5-6-13)21-15(17-12)18(8-10-20-3)7-4-9-19-2/h13,16H,4-11H2,1-3H3. The molecular weight excluding hydrogens is 286 g/mol. The normalized spacial score (nSPS) is 14.6. The van der Waals surface area contributed by atoms with Crippen LogP contribution in [0.1, 0.15) is 29.8 Å². The molecule has 0 amide bonds. The predicted molar refractivity (Wildman–Crippen MR) is 87.3 cm³/mol. The third-order valence-corrected chi connectivity index (χ3v) is 4.84. The molecule has 0 saturated heterocycles. The molecule has 6 heteroatoms. The Balaban J connectivity index is 1.94. The van der Waals surface area contributed by atoms with Crippen LogP contribution in [-0.2, 0) is 16.0 Å². The highest BCUT2D eigenvalue weighted by Gasteiger charge is 2.21. The highest BCUT2D eigenvalue weighted by atomic mass is 32.1. The molecule has 0 aliphatic heterocycles. The number of hydrogen-bond acceptors (Lipinski definition) is 6. The Morgan fingerprint density at radius 1 is 1.24 bits per heavy atom. The van der Waals surface area contributed by atoms with Crippen LogP contribution in [-0.4, -0.2) is 51.5 Å². The molecule has 5 nitrogen and oxygen atoms in total. The van der Waals surface area contributed by atoms with E-state index in [1.54, 1.807) is 25.6 Å². The lowest BCUT2D eigenvalue weighted by molar-refractivity contribution is 0.191. The van der Waals surface area contributed by atoms with E-state index in [2.05, 4.69) is 17.1 Å². The number of hydrogen-bond donors (Lipinski definition) is 1. The quantitative estimate of drug-likeness (QED) is 0.635. The molecule has 120 valence electrons. The van der Waals surface area contributed by atoms with Gasteiger partial charge in [0.2, 0.25) is 0 Å². The molecular formula is C15H27N3O2S. The average Bonchev–Trinajstić information content (AvgIpc) is 3.23. The summed E-state index contributed by atoms with van der Waals surface area (Å²) in [5, 5.41) is 4.67. The van der Waals surface area contributed by atoms with Gasteiger partial charge >= 0.3 is 0 Å². The maximum Gasteiger partial charge on any atom is 0.185 e. The largest absolute Gasteiger partial charge is 0.385 e. The van der Waals surface area contributed by atoms with Crippen molar-refractivity contribution in [1.29, 1.82) is 0 Å². The summed E-state index contributed by atoms with van der Waals surface area (Å²) in [6, 6.07) is 0.737. The Labute approximate surface area is 131 Å². The van der Waals surface area contributed by atoms with Crippen LogP contribution in [0.15, 0.2) is 0 Å². The highest BCUT2D eigenvalue weighted by molar-refractivity contribution is 7.15. The van der Waals surface area contributed by atoms with Crippen LogP contribution in [0.5, 0.6) is 0 Å². The van der Waals surface area contributed by atoms with Crippen LogP contribution in [0, 0.1) is 6.92 Å². The summed E-state index contributed by atoms with van der Waals surface area (Å²) in [6.45, 7) is 6.39. The van der Waals surface area contributed by atoms with Crippen LogP contribution in [0.25, 0.3) is 0 Å². The maximum atomic E-state index is 5.22. The number of anilines is 1. The van der Waals surface area contributed by atoms with Crippen LogP contribution in [0.2, 0.25) is 0 Å². The van der Waals surface area contributed by atoms with Gasteiger partial charge in [0.1, 0.15) is 0 Å². The Kier molecular flexibility index (Phi) is 6.89. The van der Waals surface area contributed by atoms with Crippen molar-refractivity contribution in [1.82, 2.24) is 10.3 Å². The fraction of sp³-hybridized carbons (Fsp3) is 0.800. The van der Waals surface area contributed by atoms with Gasteiger partial charge in [-0.2, -0.15) is 0 Å². The van der Waals surface area contributed by atoms with Gasteiger partial charge in [-0.1, -0.05) is 0 Å². The zero-order chi connectivity index (χ0) is 15.1. The summed E-state index contributed by atoms with van der Waals surface area (Å²) >= 11 is 1.80. The first-order valence-electron chi connectivity index (χ1n) is 7.67. The molecule has 2 rings (SSSR count). The molecule has 0 unspecified atom stereocenters. The molecule has 0 bridgehead atoms. The monoisotopic (exact) mass is 313 g/mol. The number of thiazole rings is 1. The molecule has 0 aromatic carbocycles. The molecule has 0 spiro atoms. The second-order valence-electron chi connectivity index (χ2n) is 5.49. The van der Waals surface area contributed by atoms with Gasteiger partial charge in [0.05, 0.1) is 12.3 Å². The van der Waals surface area contributed by atoms with Gasteiger partial charge in [0.25, 0.3) is 0 Å². The predicted octanol–water partition coefficient (Wildman–Crippen LogP) is 2.19. The molecule has 1 N–H and O–H groups in total. The second-order valence-corrected chi connectivity index (χ2v) is 6.55. The van der Waals surface area contributed by atoms with Crippen LogP contribution < -0.4 is 10.2 Å². The molecule has 1 saturated carbocycles. The molecule has 1 fully saturated rings. The van der Waals surface area contributed by atoms with Crippen molar-refractivity contribution < 1.29 is 9.47 Å². The summed E-state index contributed by atoms with van der Waals surface area (Å²) in [5.41, 5.74) is 1.15. The summed E-state index contributed by atoms with van der Waals surface area (Å²) in [6.07, 6.45) is 3.65. The summed E-state index contributed by atoms with van der Waals surface area (Å²) in [4.78, 5) is 8.41. The first-order valence-corrected chi connectivity index (χ1v) is 8.48. The van der Waals surface area contributed by atoms with E-state index in [4.69, 9.17) is 14.5 Å². The van der Waals surface area contributed by atoms with Gasteiger partial charge in [-0.3, -0.25) is 0 Å². The minimum Gasteiger partial charge on any atom is -0.385 e. The van der Waals surface area contributed by atoms with Gasteiger partial charge in [0, 0.05) is 51.4 Å². The number of aryl methyl sites for hydroxylation is 1. The van der Waals surface area contributed by atoms with E-state index in [-0.39, 0.29) is 0 Å². The summed E-state index contributed by atoms with van der Waals surface area (Å²) in [5.74, 6) is 0. The lowest BCUT2D eigenvalue weighted by Gasteiger charge is -2.21. The van der Waals surface area contributed by atoms with E-state index in [9.17, 15) is 0 Å². The molecule has 1 aromatic heterocycles. The number of ether oxygens (including phenoxy) is 2. The maximum absolute atomic E-state index is 5.22. The SMILES string of the molecule is COCCCN(CCOC)c1nc(C)c(CNC2CC2)s1. The number of aromatic nitrogens is 1. The minimum atomic E-state index is 0.723. The second kappa shape index (κ2) is 8.68. The zero-order valence-electron chi connectivity index (χ0n) is 13.4. The first-order chi connectivity index (χ1) is 10.2. The Morgan fingerprint density at radius 2 is 2.00 bits per heavy atom. The molecule has 1 aliphatic rings. The zero-order valence-corrected chi connectivity index (χ0v) is 14.2. The summed E-state index contributed by atoms with van der Waals surface area (Å²) < 4.78 is 10.4. The van der Waals surface area contributed by atoms with Crippen LogP contribution >= 0.6 is 11.3 Å². The third kappa shape index (κ3) is 5.54. The van der Waals surface area contributed by atoms with Gasteiger partial charge in [0.15, 0.2) is 5.13 Å². The number of nitrogens with zero attached hydrogens (tertiary/aromatic N) is 2. The van der Waals surface area contributed by atoms with E-state index < -0.39 is 0 Å². The lowest BCUT2D eigenvalue weighted by Crippen LogP contribution is -2.28. The van der Waals surface area contributed by atoms with Gasteiger partial charge in [-0.25, -0.2) is 4.98 Å². The van der Waals surface area contributed by atoms with Crippen molar-refractivity contribution in [3.63, 3.8) is 0 Å². The first kappa shape index (κ1) is 16.7. The third-order valence-electron chi connectivity index (χ3n) is 3.62. The van der Waals surface area contributed by atoms with Crippen LogP contribution in [0.4, 0.5) is 5.13 Å². The van der Waals surface area contributed by atoms with E-state index >= 15 is 0 Å².